The van der Waals surface area contributed by atoms with Crippen LogP contribution >= 0.6 is 11.8 Å². The molecule has 0 aliphatic heterocycles. The second kappa shape index (κ2) is 5.97. The predicted molar refractivity (Wildman–Crippen MR) is 59.9 cm³/mol. The molecule has 6 heteroatoms. The zero-order chi connectivity index (χ0) is 11.3. The maximum Gasteiger partial charge on any atom is 0.371 e. The molecule has 0 fully saturated rings. The van der Waals surface area contributed by atoms with E-state index < -0.39 is 16.8 Å². The standard InChI is InChI=1S/C9H12O4S2/c1-2-14-5-6-15(12)8-4-3-7(13-8)9(10)11/h3-4H,2,5-6H2,1H3,(H,10,11). The summed E-state index contributed by atoms with van der Waals surface area (Å²) in [6.07, 6.45) is 0. The Morgan fingerprint density at radius 3 is 2.87 bits per heavy atom. The van der Waals surface area contributed by atoms with Gasteiger partial charge in [-0.05, 0) is 17.9 Å². The van der Waals surface area contributed by atoms with Crippen LogP contribution in [0.4, 0.5) is 0 Å². The van der Waals surface area contributed by atoms with Crippen LogP contribution in [0.2, 0.25) is 0 Å². The van der Waals surface area contributed by atoms with E-state index in [1.165, 1.54) is 12.1 Å². The third kappa shape index (κ3) is 3.71. The summed E-state index contributed by atoms with van der Waals surface area (Å²) < 4.78 is 16.5. The van der Waals surface area contributed by atoms with Crippen molar-refractivity contribution in [2.24, 2.45) is 0 Å². The van der Waals surface area contributed by atoms with Gasteiger partial charge >= 0.3 is 5.97 Å². The molecule has 84 valence electrons. The van der Waals surface area contributed by atoms with Crippen LogP contribution in [0.5, 0.6) is 0 Å². The average molecular weight is 248 g/mol. The van der Waals surface area contributed by atoms with Crippen LogP contribution in [0.15, 0.2) is 21.6 Å². The first-order chi connectivity index (χ1) is 7.15. The van der Waals surface area contributed by atoms with Crippen molar-refractivity contribution >= 4 is 28.5 Å². The molecule has 1 N–H and O–H groups in total. The fourth-order valence-electron chi connectivity index (χ4n) is 0.937. The Morgan fingerprint density at radius 2 is 2.33 bits per heavy atom. The van der Waals surface area contributed by atoms with E-state index in [0.717, 1.165) is 11.5 Å². The lowest BCUT2D eigenvalue weighted by molar-refractivity contribution is 0.0656. The SMILES string of the molecule is CCSCCS(=O)c1ccc(C(=O)O)o1. The van der Waals surface area contributed by atoms with Crippen molar-refractivity contribution in [2.45, 2.75) is 12.0 Å². The Labute approximate surface area is 94.5 Å². The van der Waals surface area contributed by atoms with Crippen LogP contribution < -0.4 is 0 Å². The Kier molecular flexibility index (Phi) is 4.90. The van der Waals surface area contributed by atoms with Crippen LogP contribution in [-0.4, -0.2) is 32.5 Å². The van der Waals surface area contributed by atoms with Crippen molar-refractivity contribution in [3.63, 3.8) is 0 Å². The second-order valence-electron chi connectivity index (χ2n) is 2.67. The molecule has 0 aliphatic carbocycles. The van der Waals surface area contributed by atoms with Crippen LogP contribution in [0.1, 0.15) is 17.5 Å². The Balaban J connectivity index is 2.54. The van der Waals surface area contributed by atoms with Crippen LogP contribution in [0.25, 0.3) is 0 Å². The van der Waals surface area contributed by atoms with Gasteiger partial charge in [0.1, 0.15) is 0 Å². The quantitative estimate of drug-likeness (QED) is 0.778. The van der Waals surface area contributed by atoms with Gasteiger partial charge in [-0.3, -0.25) is 4.21 Å². The van der Waals surface area contributed by atoms with Gasteiger partial charge in [0, 0.05) is 11.5 Å². The molecule has 1 aromatic heterocycles. The fraction of sp³-hybridized carbons (Fsp3) is 0.444. The van der Waals surface area contributed by atoms with Crippen molar-refractivity contribution in [1.82, 2.24) is 0 Å². The smallest absolute Gasteiger partial charge is 0.371 e. The van der Waals surface area contributed by atoms with E-state index in [0.29, 0.717) is 5.75 Å². The number of aromatic carboxylic acids is 1. The minimum Gasteiger partial charge on any atom is -0.475 e. The number of carbonyl (C=O) groups is 1. The van der Waals surface area contributed by atoms with Gasteiger partial charge in [0.05, 0.1) is 10.8 Å². The highest BCUT2D eigenvalue weighted by Crippen LogP contribution is 2.13. The van der Waals surface area contributed by atoms with E-state index in [4.69, 9.17) is 9.52 Å². The van der Waals surface area contributed by atoms with Crippen molar-refractivity contribution in [3.05, 3.63) is 17.9 Å². The molecular formula is C9H12O4S2. The number of hydrogen-bond acceptors (Lipinski definition) is 4. The molecule has 4 nitrogen and oxygen atoms in total. The Bertz CT molecular complexity index is 359. The summed E-state index contributed by atoms with van der Waals surface area (Å²) in [4.78, 5) is 10.5. The largest absolute Gasteiger partial charge is 0.475 e. The number of thioether (sulfide) groups is 1. The van der Waals surface area contributed by atoms with E-state index in [2.05, 4.69) is 0 Å². The van der Waals surface area contributed by atoms with Crippen LogP contribution in [-0.2, 0) is 10.8 Å². The first-order valence-corrected chi connectivity index (χ1v) is 6.91. The molecule has 0 saturated carbocycles. The van der Waals surface area contributed by atoms with E-state index in [-0.39, 0.29) is 10.9 Å². The zero-order valence-electron chi connectivity index (χ0n) is 8.26. The molecule has 1 aromatic rings. The fourth-order valence-corrected chi connectivity index (χ4v) is 2.91. The highest BCUT2D eigenvalue weighted by atomic mass is 32.2. The van der Waals surface area contributed by atoms with Crippen molar-refractivity contribution < 1.29 is 18.5 Å². The lowest BCUT2D eigenvalue weighted by Crippen LogP contribution is -2.00. The third-order valence-corrected chi connectivity index (χ3v) is 4.04. The molecule has 0 aliphatic rings. The average Bonchev–Trinajstić information content (AvgIpc) is 2.66. The Hall–Kier alpha value is -0.750. The molecule has 1 unspecified atom stereocenters. The molecule has 0 amide bonds. The molecule has 1 heterocycles. The first-order valence-electron chi connectivity index (χ1n) is 4.44. The van der Waals surface area contributed by atoms with Gasteiger partial charge in [0.15, 0.2) is 5.09 Å². The van der Waals surface area contributed by atoms with Gasteiger partial charge in [-0.1, -0.05) is 6.92 Å². The van der Waals surface area contributed by atoms with E-state index >= 15 is 0 Å². The number of rotatable bonds is 6. The van der Waals surface area contributed by atoms with Gasteiger partial charge in [-0.15, -0.1) is 0 Å². The summed E-state index contributed by atoms with van der Waals surface area (Å²) in [6, 6.07) is 2.78. The second-order valence-corrected chi connectivity index (χ2v) is 5.57. The van der Waals surface area contributed by atoms with Crippen LogP contribution in [0.3, 0.4) is 0 Å². The molecule has 0 saturated heterocycles. The first kappa shape index (κ1) is 12.3. The van der Waals surface area contributed by atoms with Gasteiger partial charge in [-0.25, -0.2) is 4.79 Å². The number of hydrogen-bond donors (Lipinski definition) is 1. The summed E-state index contributed by atoms with van der Waals surface area (Å²) in [5.74, 6) is 0.954. The summed E-state index contributed by atoms with van der Waals surface area (Å²) in [7, 11) is -1.23. The molecule has 15 heavy (non-hydrogen) atoms. The number of carboxylic acids is 1. The van der Waals surface area contributed by atoms with Crippen LogP contribution in [0, 0.1) is 0 Å². The summed E-state index contributed by atoms with van der Waals surface area (Å²) in [6.45, 7) is 2.03. The molecule has 0 radical (unpaired) electrons. The van der Waals surface area contributed by atoms with Gasteiger partial charge < -0.3 is 9.52 Å². The summed E-state index contributed by atoms with van der Waals surface area (Å²) >= 11 is 1.69. The van der Waals surface area contributed by atoms with Crippen molar-refractivity contribution in [3.8, 4) is 0 Å². The molecule has 0 spiro atoms. The lowest BCUT2D eigenvalue weighted by atomic mass is 10.5. The number of carboxylic acid groups (broad SMARTS) is 1. The zero-order valence-corrected chi connectivity index (χ0v) is 9.90. The highest BCUT2D eigenvalue weighted by molar-refractivity contribution is 8.00. The van der Waals surface area contributed by atoms with Crippen molar-refractivity contribution in [1.29, 1.82) is 0 Å². The van der Waals surface area contributed by atoms with E-state index in [1.807, 2.05) is 6.92 Å². The highest BCUT2D eigenvalue weighted by Gasteiger charge is 2.13. The molecule has 1 atom stereocenters. The molecule has 0 aromatic carbocycles. The maximum atomic E-state index is 11.6. The van der Waals surface area contributed by atoms with Gasteiger partial charge in [-0.2, -0.15) is 11.8 Å². The predicted octanol–water partition coefficient (Wildman–Crippen LogP) is 1.84. The molecule has 1 rings (SSSR count). The minimum absolute atomic E-state index is 0.165. The summed E-state index contributed by atoms with van der Waals surface area (Å²) in [5, 5.41) is 8.84. The third-order valence-electron chi connectivity index (χ3n) is 1.63. The summed E-state index contributed by atoms with van der Waals surface area (Å²) in [5.41, 5.74) is 0. The van der Waals surface area contributed by atoms with Gasteiger partial charge in [0.2, 0.25) is 5.76 Å². The van der Waals surface area contributed by atoms with Crippen molar-refractivity contribution in [2.75, 3.05) is 17.3 Å². The number of furan rings is 1. The Morgan fingerprint density at radius 1 is 1.60 bits per heavy atom. The molecule has 0 bridgehead atoms. The normalized spacial score (nSPS) is 12.6. The van der Waals surface area contributed by atoms with Gasteiger partial charge in [0.25, 0.3) is 0 Å². The van der Waals surface area contributed by atoms with E-state index in [9.17, 15) is 9.00 Å². The van der Waals surface area contributed by atoms with E-state index in [1.54, 1.807) is 11.8 Å². The minimum atomic E-state index is -1.23. The molecular weight excluding hydrogens is 236 g/mol. The lowest BCUT2D eigenvalue weighted by Gasteiger charge is -1.97. The monoisotopic (exact) mass is 248 g/mol. The topological polar surface area (TPSA) is 67.5 Å². The maximum absolute atomic E-state index is 11.6.